The molecule has 14 heteroatoms. The molecule has 12 nitrogen and oxygen atoms in total. The number of ether oxygens (including phenoxy) is 3. The maximum absolute atomic E-state index is 11.0. The van der Waals surface area contributed by atoms with Gasteiger partial charge in [0.05, 0.1) is 40.7 Å². The van der Waals surface area contributed by atoms with Crippen molar-refractivity contribution in [2.24, 2.45) is 0 Å². The van der Waals surface area contributed by atoms with Crippen LogP contribution in [-0.2, 0) is 29.2 Å². The summed E-state index contributed by atoms with van der Waals surface area (Å²) in [6.07, 6.45) is 1.73. The van der Waals surface area contributed by atoms with Gasteiger partial charge in [0.2, 0.25) is 0 Å². The Bertz CT molecular complexity index is 2330. The number of benzene rings is 4. The number of aromatic nitrogens is 1. The Kier molecular flexibility index (Phi) is 16.7. The third-order valence-corrected chi connectivity index (χ3v) is 10.4. The van der Waals surface area contributed by atoms with E-state index in [4.69, 9.17) is 47.6 Å². The van der Waals surface area contributed by atoms with Crippen molar-refractivity contribution in [1.82, 2.24) is 10.3 Å². The van der Waals surface area contributed by atoms with Crippen LogP contribution in [0.15, 0.2) is 85.2 Å². The third kappa shape index (κ3) is 12.9. The number of nitrogens with one attached hydrogen (secondary N) is 1. The Hall–Kier alpha value is -5.68. The van der Waals surface area contributed by atoms with E-state index in [1.54, 1.807) is 24.4 Å². The smallest absolute Gasteiger partial charge is 0.306 e. The summed E-state index contributed by atoms with van der Waals surface area (Å²) in [6.45, 7) is 5.27. The van der Waals surface area contributed by atoms with Crippen molar-refractivity contribution in [1.29, 1.82) is 5.26 Å². The molecule has 0 aliphatic carbocycles. The average molecular weight is 857 g/mol. The Morgan fingerprint density at radius 1 is 0.767 bits per heavy atom. The molecule has 0 saturated heterocycles. The number of hydrogen-bond acceptors (Lipinski definition) is 10. The maximum atomic E-state index is 11.0. The highest BCUT2D eigenvalue weighted by Crippen LogP contribution is 2.38. The SMILES string of the molecule is Cc1c(COc2cc(OCc3cncc(C#N)c3)c(CCC[C@@H](O)CC(=O)O)cc2Cl)cccc1-c1cccc(-c2ccc(OCCNC[C@@H](O)CC(=O)O)c(Cl)c2)c1C. The first-order valence-corrected chi connectivity index (χ1v) is 20.1. The molecule has 5 rings (SSSR count). The average Bonchev–Trinajstić information content (AvgIpc) is 3.20. The largest absolute Gasteiger partial charge is 0.491 e. The quantitative estimate of drug-likeness (QED) is 0.0419. The first-order chi connectivity index (χ1) is 28.8. The van der Waals surface area contributed by atoms with Gasteiger partial charge in [-0.1, -0.05) is 65.7 Å². The number of nitriles is 1. The van der Waals surface area contributed by atoms with E-state index in [0.29, 0.717) is 57.8 Å². The first-order valence-electron chi connectivity index (χ1n) is 19.4. The number of aliphatic carboxylic acids is 2. The number of hydrogen-bond donors (Lipinski definition) is 5. The number of halogens is 2. The van der Waals surface area contributed by atoms with Crippen molar-refractivity contribution < 1.29 is 44.2 Å². The number of carboxylic acids is 2. The van der Waals surface area contributed by atoms with Gasteiger partial charge in [-0.3, -0.25) is 14.6 Å². The van der Waals surface area contributed by atoms with Gasteiger partial charge in [-0.05, 0) is 102 Å². The summed E-state index contributed by atoms with van der Waals surface area (Å²) in [4.78, 5) is 25.9. The second kappa shape index (κ2) is 22.1. The molecule has 60 heavy (non-hydrogen) atoms. The molecule has 0 aliphatic rings. The molecular formula is C46H47Cl2N3O9. The normalized spacial score (nSPS) is 12.0. The van der Waals surface area contributed by atoms with Crippen LogP contribution in [0.1, 0.15) is 59.1 Å². The van der Waals surface area contributed by atoms with E-state index < -0.39 is 24.1 Å². The molecular weight excluding hydrogens is 809 g/mol. The predicted molar refractivity (Wildman–Crippen MR) is 229 cm³/mol. The van der Waals surface area contributed by atoms with Crippen molar-refractivity contribution in [3.8, 4) is 45.6 Å². The second-order valence-corrected chi connectivity index (χ2v) is 15.1. The Labute approximate surface area is 358 Å². The number of aliphatic hydroxyl groups excluding tert-OH is 2. The molecule has 0 unspecified atom stereocenters. The molecule has 4 aromatic carbocycles. The summed E-state index contributed by atoms with van der Waals surface area (Å²) < 4.78 is 18.4. The zero-order chi connectivity index (χ0) is 43.2. The highest BCUT2D eigenvalue weighted by molar-refractivity contribution is 6.32. The molecule has 0 saturated carbocycles. The number of aliphatic hydroxyl groups is 2. The van der Waals surface area contributed by atoms with E-state index >= 15 is 0 Å². The van der Waals surface area contributed by atoms with Gasteiger partial charge in [-0.25, -0.2) is 0 Å². The number of rotatable bonds is 22. The number of carbonyl (C=O) groups is 2. The van der Waals surface area contributed by atoms with Crippen molar-refractivity contribution in [2.75, 3.05) is 19.7 Å². The van der Waals surface area contributed by atoms with Gasteiger partial charge in [0.25, 0.3) is 0 Å². The van der Waals surface area contributed by atoms with Gasteiger partial charge in [0.15, 0.2) is 0 Å². The van der Waals surface area contributed by atoms with Gasteiger partial charge in [-0.15, -0.1) is 0 Å². The van der Waals surface area contributed by atoms with Gasteiger partial charge in [0, 0.05) is 37.1 Å². The molecule has 0 aliphatic heterocycles. The predicted octanol–water partition coefficient (Wildman–Crippen LogP) is 8.33. The van der Waals surface area contributed by atoms with E-state index in [0.717, 1.165) is 44.5 Å². The van der Waals surface area contributed by atoms with Crippen LogP contribution in [0.5, 0.6) is 17.2 Å². The number of carboxylic acid groups (broad SMARTS) is 2. The minimum Gasteiger partial charge on any atom is -0.491 e. The van der Waals surface area contributed by atoms with Crippen LogP contribution in [0.2, 0.25) is 10.0 Å². The zero-order valence-corrected chi connectivity index (χ0v) is 34.8. The lowest BCUT2D eigenvalue weighted by Gasteiger charge is -2.18. The Morgan fingerprint density at radius 3 is 2.18 bits per heavy atom. The van der Waals surface area contributed by atoms with E-state index in [2.05, 4.69) is 35.4 Å². The molecule has 0 radical (unpaired) electrons. The van der Waals surface area contributed by atoms with Crippen LogP contribution in [0, 0.1) is 25.2 Å². The lowest BCUT2D eigenvalue weighted by molar-refractivity contribution is -0.140. The summed E-state index contributed by atoms with van der Waals surface area (Å²) in [7, 11) is 0. The fourth-order valence-electron chi connectivity index (χ4n) is 6.73. The highest BCUT2D eigenvalue weighted by atomic mass is 35.5. The van der Waals surface area contributed by atoms with E-state index in [-0.39, 0.29) is 45.6 Å². The van der Waals surface area contributed by atoms with Crippen LogP contribution >= 0.6 is 23.2 Å². The number of pyridine rings is 1. The summed E-state index contributed by atoms with van der Waals surface area (Å²) >= 11 is 13.4. The van der Waals surface area contributed by atoms with Crippen molar-refractivity contribution in [3.05, 3.63) is 129 Å². The fraction of sp³-hybridized carbons (Fsp3) is 0.304. The van der Waals surface area contributed by atoms with Crippen LogP contribution in [0.3, 0.4) is 0 Å². The molecule has 2 atom stereocenters. The topological polar surface area (TPSA) is 191 Å². The molecule has 0 amide bonds. The van der Waals surface area contributed by atoms with E-state index in [1.165, 1.54) is 6.20 Å². The molecule has 0 bridgehead atoms. The molecule has 0 fully saturated rings. The highest BCUT2D eigenvalue weighted by Gasteiger charge is 2.17. The summed E-state index contributed by atoms with van der Waals surface area (Å²) in [5.74, 6) is -0.704. The Balaban J connectivity index is 1.30. The number of nitrogens with zero attached hydrogens (tertiary/aromatic N) is 2. The van der Waals surface area contributed by atoms with Crippen molar-refractivity contribution in [3.63, 3.8) is 0 Å². The molecule has 1 heterocycles. The molecule has 1 aromatic heterocycles. The maximum Gasteiger partial charge on any atom is 0.306 e. The Morgan fingerprint density at radius 2 is 1.45 bits per heavy atom. The summed E-state index contributed by atoms with van der Waals surface area (Å²) in [6, 6.07) is 25.1. The molecule has 0 spiro atoms. The zero-order valence-electron chi connectivity index (χ0n) is 33.3. The van der Waals surface area contributed by atoms with Crippen LogP contribution in [0.25, 0.3) is 22.3 Å². The number of aryl methyl sites for hydroxylation is 1. The van der Waals surface area contributed by atoms with Gasteiger partial charge >= 0.3 is 11.9 Å². The van der Waals surface area contributed by atoms with Gasteiger partial charge in [-0.2, -0.15) is 5.26 Å². The standard InChI is InChI=1S/C46H47Cl2N3O9/c1-28-34(27-60-44-21-43(59-26-31-16-30(22-49)23-51-24-31)33(18-41(44)48)6-3-8-35(52)19-45(54)55)7-4-10-38(28)39-11-5-9-37(29(39)2)32-12-13-42(40(47)17-32)58-15-14-50-25-36(53)20-46(56)57/h4-5,7,9-13,16-18,21,23-24,35-36,50,52-53H,3,6,8,14-15,19-20,25-27H2,1-2H3,(H,54,55)(H,56,57)/t35-,36+/m1/s1. The summed E-state index contributed by atoms with van der Waals surface area (Å²) in [5, 5.41) is 50.7. The van der Waals surface area contributed by atoms with E-state index in [1.807, 2.05) is 49.4 Å². The minimum atomic E-state index is -1.06. The van der Waals surface area contributed by atoms with Crippen molar-refractivity contribution in [2.45, 2.75) is 71.4 Å². The van der Waals surface area contributed by atoms with Crippen LogP contribution in [-0.4, -0.2) is 69.3 Å². The lowest BCUT2D eigenvalue weighted by atomic mass is 9.89. The molecule has 5 aromatic rings. The van der Waals surface area contributed by atoms with Crippen LogP contribution in [0.4, 0.5) is 0 Å². The van der Waals surface area contributed by atoms with E-state index in [9.17, 15) is 25.1 Å². The fourth-order valence-corrected chi connectivity index (χ4v) is 7.20. The van der Waals surface area contributed by atoms with Gasteiger partial charge < -0.3 is 40.0 Å². The van der Waals surface area contributed by atoms with Crippen molar-refractivity contribution >= 4 is 35.1 Å². The monoisotopic (exact) mass is 855 g/mol. The van der Waals surface area contributed by atoms with Gasteiger partial charge in [0.1, 0.15) is 43.1 Å². The molecule has 314 valence electrons. The second-order valence-electron chi connectivity index (χ2n) is 14.3. The first kappa shape index (κ1) is 45.4. The third-order valence-electron chi connectivity index (χ3n) is 9.85. The lowest BCUT2D eigenvalue weighted by Crippen LogP contribution is -2.31. The summed E-state index contributed by atoms with van der Waals surface area (Å²) in [5.41, 5.74) is 8.89. The van der Waals surface area contributed by atoms with Crippen LogP contribution < -0.4 is 19.5 Å². The molecule has 5 N–H and O–H groups in total. The minimum absolute atomic E-state index is 0.130.